The Bertz CT molecular complexity index is 953. The zero-order valence-electron chi connectivity index (χ0n) is 18.1. The number of hydrogen-bond acceptors (Lipinski definition) is 4. The summed E-state index contributed by atoms with van der Waals surface area (Å²) in [7, 11) is 0. The predicted molar refractivity (Wildman–Crippen MR) is 117 cm³/mol. The first-order valence-electron chi connectivity index (χ1n) is 10.3. The van der Waals surface area contributed by atoms with Gasteiger partial charge in [-0.15, -0.1) is 0 Å². The number of rotatable bonds is 7. The number of benzene rings is 2. The molecule has 1 aliphatic rings. The summed E-state index contributed by atoms with van der Waals surface area (Å²) >= 11 is 0. The Morgan fingerprint density at radius 2 is 1.52 bits per heavy atom. The maximum atomic E-state index is 12.6. The Labute approximate surface area is 181 Å². The third-order valence-corrected chi connectivity index (χ3v) is 5.55. The number of nitrogens with one attached hydrogen (secondary N) is 2. The number of carboxylic acid groups (broad SMARTS) is 1. The monoisotopic (exact) mass is 424 g/mol. The Hall–Kier alpha value is -3.35. The van der Waals surface area contributed by atoms with Gasteiger partial charge >= 0.3 is 12.1 Å². The molecule has 164 valence electrons. The van der Waals surface area contributed by atoms with Gasteiger partial charge in [0.2, 0.25) is 5.91 Å². The Morgan fingerprint density at radius 3 is 2.00 bits per heavy atom. The Morgan fingerprint density at radius 1 is 1.00 bits per heavy atom. The van der Waals surface area contributed by atoms with E-state index in [0.717, 1.165) is 22.3 Å². The molecule has 2 amide bonds. The van der Waals surface area contributed by atoms with Crippen LogP contribution in [0.1, 0.15) is 44.7 Å². The van der Waals surface area contributed by atoms with Gasteiger partial charge in [0.1, 0.15) is 18.2 Å². The minimum Gasteiger partial charge on any atom is -0.480 e. The molecule has 7 nitrogen and oxygen atoms in total. The van der Waals surface area contributed by atoms with Crippen molar-refractivity contribution in [3.05, 3.63) is 59.7 Å². The third kappa shape index (κ3) is 4.71. The number of amides is 2. The van der Waals surface area contributed by atoms with Crippen LogP contribution in [0.4, 0.5) is 4.79 Å². The van der Waals surface area contributed by atoms with Crippen molar-refractivity contribution >= 4 is 18.0 Å². The summed E-state index contributed by atoms with van der Waals surface area (Å²) in [5.41, 5.74) is 3.09. The lowest BCUT2D eigenvalue weighted by Gasteiger charge is -2.28. The lowest BCUT2D eigenvalue weighted by Crippen LogP contribution is -2.58. The van der Waals surface area contributed by atoms with Gasteiger partial charge in [-0.05, 0) is 42.0 Å². The maximum Gasteiger partial charge on any atom is 0.408 e. The van der Waals surface area contributed by atoms with Crippen LogP contribution in [0.25, 0.3) is 11.1 Å². The van der Waals surface area contributed by atoms with Crippen molar-refractivity contribution in [1.82, 2.24) is 10.6 Å². The summed E-state index contributed by atoms with van der Waals surface area (Å²) in [4.78, 5) is 36.4. The van der Waals surface area contributed by atoms with Gasteiger partial charge in [0.25, 0.3) is 0 Å². The fraction of sp³-hybridized carbons (Fsp3) is 0.375. The zero-order valence-corrected chi connectivity index (χ0v) is 18.1. The number of carboxylic acids is 1. The van der Waals surface area contributed by atoms with Crippen LogP contribution in [0.3, 0.4) is 0 Å². The molecule has 0 unspecified atom stereocenters. The van der Waals surface area contributed by atoms with E-state index in [-0.39, 0.29) is 18.4 Å². The van der Waals surface area contributed by atoms with Gasteiger partial charge in [-0.1, -0.05) is 62.4 Å². The Balaban J connectivity index is 1.65. The first kappa shape index (κ1) is 22.3. The average Bonchev–Trinajstić information content (AvgIpc) is 3.03. The molecule has 2 aromatic carbocycles. The van der Waals surface area contributed by atoms with E-state index in [4.69, 9.17) is 4.74 Å². The summed E-state index contributed by atoms with van der Waals surface area (Å²) in [5.74, 6) is -2.11. The van der Waals surface area contributed by atoms with E-state index in [1.165, 1.54) is 13.8 Å². The van der Waals surface area contributed by atoms with E-state index in [1.54, 1.807) is 13.8 Å². The smallest absolute Gasteiger partial charge is 0.408 e. The summed E-state index contributed by atoms with van der Waals surface area (Å²) in [5, 5.41) is 14.3. The molecule has 0 saturated heterocycles. The van der Waals surface area contributed by atoms with E-state index in [2.05, 4.69) is 22.8 Å². The van der Waals surface area contributed by atoms with Crippen molar-refractivity contribution in [3.8, 4) is 11.1 Å². The van der Waals surface area contributed by atoms with E-state index < -0.39 is 29.6 Å². The minimum atomic E-state index is -1.34. The second kappa shape index (κ2) is 8.79. The fourth-order valence-electron chi connectivity index (χ4n) is 3.78. The molecule has 3 N–H and O–H groups in total. The highest BCUT2D eigenvalue weighted by Crippen LogP contribution is 2.44. The quantitative estimate of drug-likeness (QED) is 0.631. The molecular weight excluding hydrogens is 396 g/mol. The topological polar surface area (TPSA) is 105 Å². The highest BCUT2D eigenvalue weighted by Gasteiger charge is 2.35. The van der Waals surface area contributed by atoms with E-state index in [1.807, 2.05) is 36.4 Å². The first-order chi connectivity index (χ1) is 14.6. The van der Waals surface area contributed by atoms with Gasteiger partial charge in [-0.3, -0.25) is 4.79 Å². The molecule has 0 heterocycles. The van der Waals surface area contributed by atoms with Gasteiger partial charge in [0, 0.05) is 5.92 Å². The van der Waals surface area contributed by atoms with Crippen molar-refractivity contribution in [2.24, 2.45) is 5.92 Å². The van der Waals surface area contributed by atoms with Crippen LogP contribution >= 0.6 is 0 Å². The van der Waals surface area contributed by atoms with Crippen LogP contribution in [-0.2, 0) is 14.3 Å². The van der Waals surface area contributed by atoms with Crippen LogP contribution < -0.4 is 10.6 Å². The molecule has 1 aliphatic carbocycles. The summed E-state index contributed by atoms with van der Waals surface area (Å²) < 4.78 is 5.48. The summed E-state index contributed by atoms with van der Waals surface area (Å²) in [6.45, 7) is 6.53. The Kier molecular flexibility index (Phi) is 6.34. The number of ether oxygens (including phenoxy) is 1. The predicted octanol–water partition coefficient (Wildman–Crippen LogP) is 3.53. The molecule has 3 rings (SSSR count). The van der Waals surface area contributed by atoms with Crippen molar-refractivity contribution in [3.63, 3.8) is 0 Å². The standard InChI is InChI=1S/C24H28N2O5/c1-14(2)20(21(27)28)25-22(29)24(3,4)26-23(30)31-13-19-17-11-7-5-9-15(17)16-10-6-8-12-18(16)19/h5-12,14,19-20H,13H2,1-4H3,(H,25,29)(H,26,30)(H,27,28)/t20-/m0/s1. The molecule has 1 atom stereocenters. The van der Waals surface area contributed by atoms with Crippen LogP contribution in [0.2, 0.25) is 0 Å². The van der Waals surface area contributed by atoms with Gasteiger partial charge in [0.05, 0.1) is 0 Å². The van der Waals surface area contributed by atoms with Crippen molar-refractivity contribution in [2.45, 2.75) is 45.2 Å². The molecule has 0 aliphatic heterocycles. The normalized spacial score (nSPS) is 13.8. The van der Waals surface area contributed by atoms with E-state index in [0.29, 0.717) is 0 Å². The number of aliphatic carboxylic acids is 1. The maximum absolute atomic E-state index is 12.6. The molecular formula is C24H28N2O5. The van der Waals surface area contributed by atoms with E-state index in [9.17, 15) is 19.5 Å². The van der Waals surface area contributed by atoms with Crippen LogP contribution in [0, 0.1) is 5.92 Å². The SMILES string of the molecule is CC(C)[C@H](NC(=O)C(C)(C)NC(=O)OCC1c2ccccc2-c2ccccc21)C(=O)O. The number of carbonyl (C=O) groups is 3. The van der Waals surface area contributed by atoms with Gasteiger partial charge in [-0.2, -0.15) is 0 Å². The lowest BCUT2D eigenvalue weighted by molar-refractivity contribution is -0.144. The zero-order chi connectivity index (χ0) is 22.8. The molecule has 31 heavy (non-hydrogen) atoms. The van der Waals surface area contributed by atoms with Crippen molar-refractivity contribution in [1.29, 1.82) is 0 Å². The summed E-state index contributed by atoms with van der Waals surface area (Å²) in [6, 6.07) is 15.0. The average molecular weight is 424 g/mol. The minimum absolute atomic E-state index is 0.0904. The highest BCUT2D eigenvalue weighted by molar-refractivity contribution is 5.92. The molecule has 0 radical (unpaired) electrons. The fourth-order valence-corrected chi connectivity index (χ4v) is 3.78. The van der Waals surface area contributed by atoms with Gasteiger partial charge in [0.15, 0.2) is 0 Å². The first-order valence-corrected chi connectivity index (χ1v) is 10.3. The van der Waals surface area contributed by atoms with E-state index >= 15 is 0 Å². The molecule has 0 bridgehead atoms. The lowest BCUT2D eigenvalue weighted by atomic mass is 9.98. The largest absolute Gasteiger partial charge is 0.480 e. The number of hydrogen-bond donors (Lipinski definition) is 3. The number of fused-ring (bicyclic) bond motifs is 3. The third-order valence-electron chi connectivity index (χ3n) is 5.55. The number of carbonyl (C=O) groups excluding carboxylic acids is 2. The number of alkyl carbamates (subject to hydrolysis) is 1. The molecule has 0 aromatic heterocycles. The molecule has 0 fully saturated rings. The van der Waals surface area contributed by atoms with Crippen LogP contribution in [-0.4, -0.2) is 41.3 Å². The van der Waals surface area contributed by atoms with Crippen molar-refractivity contribution in [2.75, 3.05) is 6.61 Å². The van der Waals surface area contributed by atoms with Crippen LogP contribution in [0.15, 0.2) is 48.5 Å². The van der Waals surface area contributed by atoms with Gasteiger partial charge < -0.3 is 20.5 Å². The second-order valence-corrected chi connectivity index (χ2v) is 8.61. The van der Waals surface area contributed by atoms with Crippen molar-refractivity contribution < 1.29 is 24.2 Å². The molecule has 2 aromatic rings. The second-order valence-electron chi connectivity index (χ2n) is 8.61. The molecule has 0 saturated carbocycles. The summed E-state index contributed by atoms with van der Waals surface area (Å²) in [6.07, 6.45) is -0.738. The highest BCUT2D eigenvalue weighted by atomic mass is 16.5. The van der Waals surface area contributed by atoms with Crippen LogP contribution in [0.5, 0.6) is 0 Å². The molecule has 0 spiro atoms. The molecule has 7 heteroatoms. The van der Waals surface area contributed by atoms with Gasteiger partial charge in [-0.25, -0.2) is 9.59 Å².